The van der Waals surface area contributed by atoms with Gasteiger partial charge in [-0.15, -0.1) is 0 Å². The Morgan fingerprint density at radius 1 is 1.15 bits per heavy atom. The molecule has 7 heteroatoms. The minimum absolute atomic E-state index is 0.0389. The van der Waals surface area contributed by atoms with Crippen LogP contribution in [0.4, 0.5) is 11.4 Å². The molecule has 0 saturated heterocycles. The van der Waals surface area contributed by atoms with Gasteiger partial charge >= 0.3 is 0 Å². The lowest BCUT2D eigenvalue weighted by molar-refractivity contribution is 0.102. The third-order valence-corrected chi connectivity index (χ3v) is 3.63. The lowest BCUT2D eigenvalue weighted by atomic mass is 10.1. The summed E-state index contributed by atoms with van der Waals surface area (Å²) < 4.78 is 1.38. The second-order valence-electron chi connectivity index (χ2n) is 4.01. The molecule has 20 heavy (non-hydrogen) atoms. The number of amides is 1. The van der Waals surface area contributed by atoms with Crippen LogP contribution in [0.2, 0.25) is 0 Å². The van der Waals surface area contributed by atoms with Crippen LogP contribution in [0.1, 0.15) is 10.4 Å². The molecule has 0 heterocycles. The first-order chi connectivity index (χ1) is 9.38. The summed E-state index contributed by atoms with van der Waals surface area (Å²) in [7, 11) is 0. The van der Waals surface area contributed by atoms with Crippen molar-refractivity contribution in [2.45, 2.75) is 0 Å². The average Bonchev–Trinajstić information content (AvgIpc) is 2.33. The van der Waals surface area contributed by atoms with Crippen molar-refractivity contribution in [1.29, 1.82) is 0 Å². The third kappa shape index (κ3) is 3.05. The number of phenolic OH excluding ortho intramolecular Hbond substituents is 2. The topological polar surface area (TPSA) is 95.6 Å². The van der Waals surface area contributed by atoms with Crippen molar-refractivity contribution in [3.63, 3.8) is 0 Å². The first-order valence-electron chi connectivity index (χ1n) is 5.46. The van der Waals surface area contributed by atoms with Crippen LogP contribution >= 0.6 is 31.9 Å². The zero-order valence-corrected chi connectivity index (χ0v) is 13.2. The van der Waals surface area contributed by atoms with E-state index in [-0.39, 0.29) is 17.1 Å². The maximum atomic E-state index is 12.1. The van der Waals surface area contributed by atoms with Crippen LogP contribution in [0.3, 0.4) is 0 Å². The maximum Gasteiger partial charge on any atom is 0.259 e. The Kier molecular flexibility index (Phi) is 4.20. The van der Waals surface area contributed by atoms with Crippen LogP contribution in [0.25, 0.3) is 0 Å². The number of anilines is 2. The molecule has 1 amide bonds. The van der Waals surface area contributed by atoms with Gasteiger partial charge in [-0.3, -0.25) is 4.79 Å². The van der Waals surface area contributed by atoms with E-state index in [1.807, 2.05) is 0 Å². The number of aromatic hydroxyl groups is 2. The summed E-state index contributed by atoms with van der Waals surface area (Å²) in [5, 5.41) is 21.5. The monoisotopic (exact) mass is 400 g/mol. The molecule has 5 nitrogen and oxygen atoms in total. The van der Waals surface area contributed by atoms with Gasteiger partial charge in [-0.1, -0.05) is 15.9 Å². The first kappa shape index (κ1) is 14.7. The van der Waals surface area contributed by atoms with E-state index < -0.39 is 5.91 Å². The van der Waals surface area contributed by atoms with Crippen LogP contribution in [0.5, 0.6) is 11.5 Å². The van der Waals surface area contributed by atoms with E-state index in [0.717, 1.165) is 10.5 Å². The Morgan fingerprint density at radius 3 is 2.45 bits per heavy atom. The molecule has 2 aromatic rings. The second-order valence-corrected chi connectivity index (χ2v) is 5.78. The van der Waals surface area contributed by atoms with Gasteiger partial charge in [0.15, 0.2) is 0 Å². The van der Waals surface area contributed by atoms with Gasteiger partial charge in [0, 0.05) is 15.0 Å². The van der Waals surface area contributed by atoms with E-state index in [9.17, 15) is 15.0 Å². The summed E-state index contributed by atoms with van der Waals surface area (Å²) in [6, 6.07) is 7.12. The zero-order chi connectivity index (χ0) is 14.9. The van der Waals surface area contributed by atoms with Crippen molar-refractivity contribution in [3.05, 3.63) is 44.8 Å². The molecule has 2 rings (SSSR count). The molecule has 0 aliphatic carbocycles. The van der Waals surface area contributed by atoms with Gasteiger partial charge in [-0.05, 0) is 40.2 Å². The van der Waals surface area contributed by atoms with Crippen molar-refractivity contribution < 1.29 is 15.0 Å². The van der Waals surface area contributed by atoms with Crippen LogP contribution < -0.4 is 11.1 Å². The summed E-state index contributed by atoms with van der Waals surface area (Å²) in [6.45, 7) is 0. The highest BCUT2D eigenvalue weighted by molar-refractivity contribution is 9.11. The Hall–Kier alpha value is -1.73. The normalized spacial score (nSPS) is 10.3. The average molecular weight is 402 g/mol. The zero-order valence-electron chi connectivity index (χ0n) is 10.0. The van der Waals surface area contributed by atoms with Gasteiger partial charge < -0.3 is 21.3 Å². The SMILES string of the molecule is Nc1cc(Br)cc(Br)c1NC(=O)c1ccc(O)cc1O. The van der Waals surface area contributed by atoms with Crippen molar-refractivity contribution in [2.24, 2.45) is 0 Å². The van der Waals surface area contributed by atoms with Crippen molar-refractivity contribution in [1.82, 2.24) is 0 Å². The molecule has 0 spiro atoms. The number of phenols is 2. The number of benzene rings is 2. The number of nitrogen functional groups attached to an aromatic ring is 1. The predicted molar refractivity (Wildman–Crippen MR) is 84.0 cm³/mol. The minimum Gasteiger partial charge on any atom is -0.508 e. The van der Waals surface area contributed by atoms with Crippen molar-refractivity contribution in [2.75, 3.05) is 11.1 Å². The van der Waals surface area contributed by atoms with Crippen LogP contribution in [-0.2, 0) is 0 Å². The number of rotatable bonds is 2. The molecule has 2 aromatic carbocycles. The van der Waals surface area contributed by atoms with Gasteiger partial charge in [0.25, 0.3) is 5.91 Å². The van der Waals surface area contributed by atoms with Gasteiger partial charge in [0.2, 0.25) is 0 Å². The Balaban J connectivity index is 2.33. The molecular formula is C13H10Br2N2O3. The van der Waals surface area contributed by atoms with Crippen LogP contribution in [0.15, 0.2) is 39.3 Å². The summed E-state index contributed by atoms with van der Waals surface area (Å²) in [5.41, 5.74) is 6.65. The van der Waals surface area contributed by atoms with Gasteiger partial charge in [-0.25, -0.2) is 0 Å². The smallest absolute Gasteiger partial charge is 0.259 e. The predicted octanol–water partition coefficient (Wildman–Crippen LogP) is 3.46. The molecule has 0 aliphatic rings. The van der Waals surface area contributed by atoms with Gasteiger partial charge in [-0.2, -0.15) is 0 Å². The van der Waals surface area contributed by atoms with Crippen molar-refractivity contribution >= 4 is 49.1 Å². The lowest BCUT2D eigenvalue weighted by Gasteiger charge is -2.12. The molecule has 0 saturated carbocycles. The number of carbonyl (C=O) groups excluding carboxylic acids is 1. The first-order valence-corrected chi connectivity index (χ1v) is 7.05. The number of halogens is 2. The van der Waals surface area contributed by atoms with Crippen LogP contribution in [-0.4, -0.2) is 16.1 Å². The van der Waals surface area contributed by atoms with E-state index in [0.29, 0.717) is 15.8 Å². The second kappa shape index (κ2) is 5.72. The molecular weight excluding hydrogens is 392 g/mol. The molecule has 0 bridgehead atoms. The molecule has 0 aromatic heterocycles. The highest BCUT2D eigenvalue weighted by atomic mass is 79.9. The lowest BCUT2D eigenvalue weighted by Crippen LogP contribution is -2.13. The number of nitrogens with two attached hydrogens (primary N) is 1. The fourth-order valence-corrected chi connectivity index (χ4v) is 2.98. The quantitative estimate of drug-likeness (QED) is 0.579. The standard InChI is InChI=1S/C13H10Br2N2O3/c14-6-3-9(15)12(10(16)4-6)17-13(20)8-2-1-7(18)5-11(8)19/h1-5,18-19H,16H2,(H,17,20). The number of hydrogen-bond acceptors (Lipinski definition) is 4. The highest BCUT2D eigenvalue weighted by Crippen LogP contribution is 2.33. The molecule has 0 unspecified atom stereocenters. The molecule has 0 fully saturated rings. The number of hydrogen-bond donors (Lipinski definition) is 4. The van der Waals surface area contributed by atoms with Gasteiger partial charge in [0.1, 0.15) is 11.5 Å². The molecule has 0 radical (unpaired) electrons. The fourth-order valence-electron chi connectivity index (χ4n) is 1.62. The summed E-state index contributed by atoms with van der Waals surface area (Å²) >= 11 is 6.59. The van der Waals surface area contributed by atoms with E-state index in [2.05, 4.69) is 37.2 Å². The van der Waals surface area contributed by atoms with E-state index in [1.54, 1.807) is 12.1 Å². The maximum absolute atomic E-state index is 12.1. The Morgan fingerprint density at radius 2 is 1.85 bits per heavy atom. The van der Waals surface area contributed by atoms with Crippen molar-refractivity contribution in [3.8, 4) is 11.5 Å². The van der Waals surface area contributed by atoms with E-state index in [4.69, 9.17) is 5.73 Å². The van der Waals surface area contributed by atoms with E-state index >= 15 is 0 Å². The molecule has 0 aliphatic heterocycles. The number of nitrogens with one attached hydrogen (secondary N) is 1. The summed E-state index contributed by atoms with van der Waals surface area (Å²) in [6.07, 6.45) is 0. The highest BCUT2D eigenvalue weighted by Gasteiger charge is 2.15. The molecule has 0 atom stereocenters. The van der Waals surface area contributed by atoms with E-state index in [1.165, 1.54) is 12.1 Å². The summed E-state index contributed by atoms with van der Waals surface area (Å²) in [5.74, 6) is -0.963. The number of carbonyl (C=O) groups is 1. The summed E-state index contributed by atoms with van der Waals surface area (Å²) in [4.78, 5) is 12.1. The third-order valence-electron chi connectivity index (χ3n) is 2.55. The van der Waals surface area contributed by atoms with Gasteiger partial charge in [0.05, 0.1) is 16.9 Å². The minimum atomic E-state index is -0.530. The Labute approximate surface area is 131 Å². The largest absolute Gasteiger partial charge is 0.508 e. The van der Waals surface area contributed by atoms with Crippen LogP contribution in [0, 0.1) is 0 Å². The molecule has 5 N–H and O–H groups in total. The Bertz CT molecular complexity index is 666. The molecule has 104 valence electrons. The fraction of sp³-hybridized carbons (Fsp3) is 0.